The van der Waals surface area contributed by atoms with Crippen LogP contribution in [0.25, 0.3) is 0 Å². The van der Waals surface area contributed by atoms with Gasteiger partial charge in [0.2, 0.25) is 5.91 Å². The number of furan rings is 1. The Morgan fingerprint density at radius 3 is 2.38 bits per heavy atom. The SMILES string of the molecule is CCC(NC(=O)C(C)NC(=O)c1ccco1)(C(=O)O)c1ccc(Cl)cc1. The molecule has 2 rings (SSSR count). The number of hydrogen-bond donors (Lipinski definition) is 3. The molecule has 2 atom stereocenters. The number of carbonyl (C=O) groups is 3. The molecule has 0 fully saturated rings. The number of halogens is 1. The van der Waals surface area contributed by atoms with Crippen LogP contribution in [0, 0.1) is 0 Å². The molecule has 8 heteroatoms. The van der Waals surface area contributed by atoms with Gasteiger partial charge in [0.15, 0.2) is 11.3 Å². The molecule has 1 heterocycles. The van der Waals surface area contributed by atoms with Gasteiger partial charge in [-0.2, -0.15) is 0 Å². The van der Waals surface area contributed by atoms with E-state index in [0.29, 0.717) is 10.6 Å². The highest BCUT2D eigenvalue weighted by molar-refractivity contribution is 6.30. The Labute approximate surface area is 155 Å². The Morgan fingerprint density at radius 1 is 1.23 bits per heavy atom. The van der Waals surface area contributed by atoms with E-state index in [0.717, 1.165) is 0 Å². The molecule has 1 aromatic heterocycles. The zero-order valence-corrected chi connectivity index (χ0v) is 15.0. The Hall–Kier alpha value is -2.80. The van der Waals surface area contributed by atoms with Crippen LogP contribution in [0.1, 0.15) is 36.4 Å². The fraction of sp³-hybridized carbons (Fsp3) is 0.278. The Morgan fingerprint density at radius 2 is 1.88 bits per heavy atom. The van der Waals surface area contributed by atoms with Gasteiger partial charge in [-0.3, -0.25) is 9.59 Å². The predicted octanol–water partition coefficient (Wildman–Crippen LogP) is 2.56. The second-order valence-corrected chi connectivity index (χ2v) is 6.17. The third-order valence-electron chi connectivity index (χ3n) is 4.05. The van der Waals surface area contributed by atoms with E-state index in [1.54, 1.807) is 37.3 Å². The zero-order valence-electron chi connectivity index (χ0n) is 14.3. The van der Waals surface area contributed by atoms with Gasteiger partial charge in [0.25, 0.3) is 5.91 Å². The maximum Gasteiger partial charge on any atom is 0.334 e. The number of aliphatic carboxylic acids is 1. The van der Waals surface area contributed by atoms with E-state index >= 15 is 0 Å². The van der Waals surface area contributed by atoms with Crippen molar-refractivity contribution in [3.63, 3.8) is 0 Å². The lowest BCUT2D eigenvalue weighted by Gasteiger charge is -2.31. The summed E-state index contributed by atoms with van der Waals surface area (Å²) in [6, 6.07) is 8.24. The maximum atomic E-state index is 12.5. The molecule has 0 aliphatic carbocycles. The average Bonchev–Trinajstić information content (AvgIpc) is 3.14. The normalized spacial score (nSPS) is 14.1. The van der Waals surface area contributed by atoms with Crippen LogP contribution < -0.4 is 10.6 Å². The molecule has 0 spiro atoms. The Balaban J connectivity index is 2.19. The molecule has 0 bridgehead atoms. The third-order valence-corrected chi connectivity index (χ3v) is 4.31. The summed E-state index contributed by atoms with van der Waals surface area (Å²) in [5.74, 6) is -2.35. The second-order valence-electron chi connectivity index (χ2n) is 5.73. The fourth-order valence-corrected chi connectivity index (χ4v) is 2.61. The summed E-state index contributed by atoms with van der Waals surface area (Å²) >= 11 is 5.86. The lowest BCUT2D eigenvalue weighted by molar-refractivity contribution is -0.148. The van der Waals surface area contributed by atoms with Crippen molar-refractivity contribution >= 4 is 29.4 Å². The molecule has 0 aliphatic rings. The minimum Gasteiger partial charge on any atom is -0.479 e. The second kappa shape index (κ2) is 8.05. The van der Waals surface area contributed by atoms with Gasteiger partial charge in [0, 0.05) is 5.02 Å². The number of nitrogens with one attached hydrogen (secondary N) is 2. The molecular weight excluding hydrogens is 360 g/mol. The first-order valence-electron chi connectivity index (χ1n) is 7.96. The Bertz CT molecular complexity index is 788. The number of rotatable bonds is 7. The summed E-state index contributed by atoms with van der Waals surface area (Å²) in [4.78, 5) is 36.5. The van der Waals surface area contributed by atoms with Crippen LogP contribution >= 0.6 is 11.6 Å². The van der Waals surface area contributed by atoms with E-state index in [1.165, 1.54) is 19.3 Å². The molecular formula is C18H19ClN2O5. The number of carbonyl (C=O) groups excluding carboxylic acids is 2. The molecule has 1 aromatic carbocycles. The van der Waals surface area contributed by atoms with E-state index in [1.807, 2.05) is 0 Å². The van der Waals surface area contributed by atoms with Crippen molar-refractivity contribution in [2.75, 3.05) is 0 Å². The summed E-state index contributed by atoms with van der Waals surface area (Å²) in [5, 5.41) is 15.2. The van der Waals surface area contributed by atoms with Crippen LogP contribution in [-0.4, -0.2) is 28.9 Å². The lowest BCUT2D eigenvalue weighted by Crippen LogP contribution is -2.56. The molecule has 2 unspecified atom stereocenters. The van der Waals surface area contributed by atoms with E-state index < -0.39 is 29.4 Å². The van der Waals surface area contributed by atoms with E-state index in [2.05, 4.69) is 10.6 Å². The summed E-state index contributed by atoms with van der Waals surface area (Å²) in [5.41, 5.74) is -1.25. The van der Waals surface area contributed by atoms with E-state index in [-0.39, 0.29) is 12.2 Å². The molecule has 138 valence electrons. The number of carboxylic acid groups (broad SMARTS) is 1. The quantitative estimate of drug-likeness (QED) is 0.686. The maximum absolute atomic E-state index is 12.5. The summed E-state index contributed by atoms with van der Waals surface area (Å²) in [6.45, 7) is 3.11. The van der Waals surface area contributed by atoms with E-state index in [4.69, 9.17) is 16.0 Å². The minimum absolute atomic E-state index is 0.0577. The van der Waals surface area contributed by atoms with Crippen molar-refractivity contribution < 1.29 is 23.9 Å². The topological polar surface area (TPSA) is 109 Å². The lowest BCUT2D eigenvalue weighted by atomic mass is 9.87. The number of benzene rings is 1. The van der Waals surface area contributed by atoms with Crippen molar-refractivity contribution in [2.45, 2.75) is 31.8 Å². The third kappa shape index (κ3) is 4.05. The smallest absolute Gasteiger partial charge is 0.334 e. The van der Waals surface area contributed by atoms with Gasteiger partial charge >= 0.3 is 5.97 Å². The monoisotopic (exact) mass is 378 g/mol. The highest BCUT2D eigenvalue weighted by Crippen LogP contribution is 2.27. The summed E-state index contributed by atoms with van der Waals surface area (Å²) < 4.78 is 4.97. The van der Waals surface area contributed by atoms with Gasteiger partial charge in [-0.25, -0.2) is 4.79 Å². The van der Waals surface area contributed by atoms with Gasteiger partial charge < -0.3 is 20.2 Å². The van der Waals surface area contributed by atoms with Crippen LogP contribution in [0.2, 0.25) is 5.02 Å². The molecule has 0 saturated heterocycles. The van der Waals surface area contributed by atoms with Crippen LogP contribution in [0.5, 0.6) is 0 Å². The first-order chi connectivity index (χ1) is 12.3. The van der Waals surface area contributed by atoms with E-state index in [9.17, 15) is 19.5 Å². The van der Waals surface area contributed by atoms with Crippen molar-refractivity contribution in [3.05, 3.63) is 59.0 Å². The fourth-order valence-electron chi connectivity index (χ4n) is 2.49. The molecule has 0 radical (unpaired) electrons. The van der Waals surface area contributed by atoms with Crippen molar-refractivity contribution in [3.8, 4) is 0 Å². The van der Waals surface area contributed by atoms with Gasteiger partial charge in [-0.15, -0.1) is 0 Å². The highest BCUT2D eigenvalue weighted by Gasteiger charge is 2.41. The molecule has 3 N–H and O–H groups in total. The molecule has 0 aliphatic heterocycles. The molecule has 2 amide bonds. The average molecular weight is 379 g/mol. The highest BCUT2D eigenvalue weighted by atomic mass is 35.5. The van der Waals surface area contributed by atoms with Crippen molar-refractivity contribution in [2.24, 2.45) is 0 Å². The number of carboxylic acids is 1. The predicted molar refractivity (Wildman–Crippen MR) is 94.8 cm³/mol. The first-order valence-corrected chi connectivity index (χ1v) is 8.33. The summed E-state index contributed by atoms with van der Waals surface area (Å²) in [7, 11) is 0. The summed E-state index contributed by atoms with van der Waals surface area (Å²) in [6.07, 6.45) is 1.45. The van der Waals surface area contributed by atoms with Crippen molar-refractivity contribution in [1.29, 1.82) is 0 Å². The van der Waals surface area contributed by atoms with Gasteiger partial charge in [0.05, 0.1) is 6.26 Å². The van der Waals surface area contributed by atoms with Gasteiger partial charge in [-0.05, 0) is 43.2 Å². The van der Waals surface area contributed by atoms with Crippen LogP contribution in [0.4, 0.5) is 0 Å². The Kier molecular flexibility index (Phi) is 6.05. The number of amides is 2. The molecule has 26 heavy (non-hydrogen) atoms. The van der Waals surface area contributed by atoms with Crippen LogP contribution in [-0.2, 0) is 15.1 Å². The minimum atomic E-state index is -1.63. The van der Waals surface area contributed by atoms with Crippen LogP contribution in [0.3, 0.4) is 0 Å². The number of hydrogen-bond acceptors (Lipinski definition) is 4. The van der Waals surface area contributed by atoms with Gasteiger partial charge in [-0.1, -0.05) is 30.7 Å². The molecule has 2 aromatic rings. The largest absolute Gasteiger partial charge is 0.479 e. The van der Waals surface area contributed by atoms with Crippen molar-refractivity contribution in [1.82, 2.24) is 10.6 Å². The zero-order chi connectivity index (χ0) is 19.3. The molecule has 0 saturated carbocycles. The van der Waals surface area contributed by atoms with Crippen LogP contribution in [0.15, 0.2) is 47.1 Å². The molecule has 7 nitrogen and oxygen atoms in total. The standard InChI is InChI=1S/C18H19ClN2O5/c1-3-18(17(24)25,12-6-8-13(19)9-7-12)21-15(22)11(2)20-16(23)14-5-4-10-26-14/h4-11H,3H2,1-2H3,(H,20,23)(H,21,22)(H,24,25). The van der Waals surface area contributed by atoms with Gasteiger partial charge in [0.1, 0.15) is 6.04 Å². The first kappa shape index (κ1) is 19.5.